The zero-order valence-corrected chi connectivity index (χ0v) is 11.3. The van der Waals surface area contributed by atoms with E-state index in [1.165, 1.54) is 0 Å². The summed E-state index contributed by atoms with van der Waals surface area (Å²) in [4.78, 5) is 11.5. The van der Waals surface area contributed by atoms with Crippen LogP contribution in [0.1, 0.15) is 37.0 Å². The molecule has 0 amide bonds. The van der Waals surface area contributed by atoms with Crippen molar-refractivity contribution < 1.29 is 9.53 Å². The van der Waals surface area contributed by atoms with E-state index in [2.05, 4.69) is 29.8 Å². The summed E-state index contributed by atoms with van der Waals surface area (Å²) in [6.07, 6.45) is 1.85. The van der Waals surface area contributed by atoms with Gasteiger partial charge >= 0.3 is 5.97 Å². The molecule has 16 heavy (non-hydrogen) atoms. The third-order valence-electron chi connectivity index (χ3n) is 2.16. The largest absolute Gasteiger partial charge is 0.462 e. The molecule has 1 rings (SSSR count). The van der Waals surface area contributed by atoms with Gasteiger partial charge in [0.25, 0.3) is 0 Å². The van der Waals surface area contributed by atoms with Gasteiger partial charge in [0.2, 0.25) is 0 Å². The molecule has 0 aromatic heterocycles. The number of hydrogen-bond acceptors (Lipinski definition) is 2. The fourth-order valence-corrected chi connectivity index (χ4v) is 1.60. The smallest absolute Gasteiger partial charge is 0.338 e. The highest BCUT2D eigenvalue weighted by Crippen LogP contribution is 2.21. The predicted octanol–water partition coefficient (Wildman–Crippen LogP) is 3.80. The van der Waals surface area contributed by atoms with Crippen LogP contribution in [0.3, 0.4) is 0 Å². The molecule has 0 radical (unpaired) electrons. The number of halogens is 1. The number of benzene rings is 1. The van der Waals surface area contributed by atoms with Crippen molar-refractivity contribution in [1.29, 1.82) is 0 Å². The van der Waals surface area contributed by atoms with Crippen LogP contribution in [0.25, 0.3) is 0 Å². The lowest BCUT2D eigenvalue weighted by Crippen LogP contribution is -2.12. The number of carbonyl (C=O) groups is 1. The highest BCUT2D eigenvalue weighted by atomic mass is 79.9. The topological polar surface area (TPSA) is 26.3 Å². The maximum atomic E-state index is 11.5. The summed E-state index contributed by atoms with van der Waals surface area (Å²) in [5.41, 5.74) is 0.612. The van der Waals surface area contributed by atoms with Crippen LogP contribution in [-0.4, -0.2) is 16.9 Å². The van der Waals surface area contributed by atoms with Crippen molar-refractivity contribution in [3.63, 3.8) is 0 Å². The maximum absolute atomic E-state index is 11.5. The van der Waals surface area contributed by atoms with Gasteiger partial charge in [-0.15, -0.1) is 0 Å². The Bertz CT molecular complexity index is 328. The predicted molar refractivity (Wildman–Crippen MR) is 69.0 cm³/mol. The molecule has 0 fully saturated rings. The SMILES string of the molecule is CC(C)(Br)CCCOC(=O)c1ccccc1. The fourth-order valence-electron chi connectivity index (χ4n) is 1.31. The van der Waals surface area contributed by atoms with Crippen molar-refractivity contribution in [1.82, 2.24) is 0 Å². The van der Waals surface area contributed by atoms with Crippen LogP contribution in [0.5, 0.6) is 0 Å². The molecule has 0 bridgehead atoms. The second-order valence-electron chi connectivity index (χ2n) is 4.32. The van der Waals surface area contributed by atoms with Gasteiger partial charge in [-0.3, -0.25) is 0 Å². The molecular formula is C13H17BrO2. The quantitative estimate of drug-likeness (QED) is 0.467. The zero-order chi connectivity index (χ0) is 12.0. The first-order chi connectivity index (χ1) is 7.49. The normalized spacial score (nSPS) is 11.2. The standard InChI is InChI=1S/C13H17BrO2/c1-13(2,14)9-6-10-16-12(15)11-7-4-3-5-8-11/h3-5,7-8H,6,9-10H2,1-2H3. The Morgan fingerprint density at radius 2 is 1.94 bits per heavy atom. The number of hydrogen-bond donors (Lipinski definition) is 0. The van der Waals surface area contributed by atoms with Crippen LogP contribution in [-0.2, 0) is 4.74 Å². The first-order valence-corrected chi connectivity index (χ1v) is 6.19. The Kier molecular flexibility index (Phi) is 5.00. The van der Waals surface area contributed by atoms with Gasteiger partial charge in [-0.05, 0) is 25.0 Å². The Balaban J connectivity index is 2.27. The first kappa shape index (κ1) is 13.2. The first-order valence-electron chi connectivity index (χ1n) is 5.40. The van der Waals surface area contributed by atoms with Gasteiger partial charge in [-0.1, -0.05) is 48.0 Å². The van der Waals surface area contributed by atoms with Gasteiger partial charge in [-0.2, -0.15) is 0 Å². The summed E-state index contributed by atoms with van der Waals surface area (Å²) in [5.74, 6) is -0.243. The molecule has 0 aliphatic rings. The lowest BCUT2D eigenvalue weighted by Gasteiger charge is -2.15. The van der Waals surface area contributed by atoms with E-state index >= 15 is 0 Å². The van der Waals surface area contributed by atoms with Crippen LogP contribution in [0.15, 0.2) is 30.3 Å². The molecule has 2 nitrogen and oxygen atoms in total. The molecule has 1 aromatic carbocycles. The Hall–Kier alpha value is -0.830. The van der Waals surface area contributed by atoms with Crippen molar-refractivity contribution in [3.8, 4) is 0 Å². The van der Waals surface area contributed by atoms with Crippen LogP contribution in [0.4, 0.5) is 0 Å². The number of alkyl halides is 1. The van der Waals surface area contributed by atoms with Crippen molar-refractivity contribution in [2.45, 2.75) is 31.0 Å². The number of carbonyl (C=O) groups excluding carboxylic acids is 1. The Morgan fingerprint density at radius 3 is 2.50 bits per heavy atom. The Morgan fingerprint density at radius 1 is 1.31 bits per heavy atom. The van der Waals surface area contributed by atoms with Crippen molar-refractivity contribution >= 4 is 21.9 Å². The maximum Gasteiger partial charge on any atom is 0.338 e. The van der Waals surface area contributed by atoms with E-state index in [-0.39, 0.29) is 10.3 Å². The lowest BCUT2D eigenvalue weighted by molar-refractivity contribution is 0.0496. The molecule has 0 atom stereocenters. The fraction of sp³-hybridized carbons (Fsp3) is 0.462. The molecular weight excluding hydrogens is 268 g/mol. The van der Waals surface area contributed by atoms with Crippen LogP contribution < -0.4 is 0 Å². The minimum atomic E-state index is -0.243. The van der Waals surface area contributed by atoms with Crippen LogP contribution >= 0.6 is 15.9 Å². The van der Waals surface area contributed by atoms with Gasteiger partial charge in [0.05, 0.1) is 12.2 Å². The van der Waals surface area contributed by atoms with Crippen molar-refractivity contribution in [2.75, 3.05) is 6.61 Å². The minimum absolute atomic E-state index is 0.117. The van der Waals surface area contributed by atoms with Crippen LogP contribution in [0.2, 0.25) is 0 Å². The summed E-state index contributed by atoms with van der Waals surface area (Å²) in [5, 5.41) is 0. The summed E-state index contributed by atoms with van der Waals surface area (Å²) >= 11 is 3.55. The average molecular weight is 285 g/mol. The average Bonchev–Trinajstić information content (AvgIpc) is 2.24. The molecule has 3 heteroatoms. The molecule has 88 valence electrons. The second-order valence-corrected chi connectivity index (χ2v) is 6.47. The van der Waals surface area contributed by atoms with E-state index in [0.29, 0.717) is 12.2 Å². The molecule has 1 aromatic rings. The van der Waals surface area contributed by atoms with E-state index in [0.717, 1.165) is 12.8 Å². The summed E-state index contributed by atoms with van der Waals surface area (Å²) in [7, 11) is 0. The van der Waals surface area contributed by atoms with Gasteiger partial charge < -0.3 is 4.74 Å². The molecule has 0 heterocycles. The molecule has 0 spiro atoms. The molecule has 0 aliphatic carbocycles. The van der Waals surface area contributed by atoms with Crippen molar-refractivity contribution in [3.05, 3.63) is 35.9 Å². The van der Waals surface area contributed by atoms with Gasteiger partial charge in [0.15, 0.2) is 0 Å². The molecule has 0 aliphatic heterocycles. The lowest BCUT2D eigenvalue weighted by atomic mass is 10.1. The highest BCUT2D eigenvalue weighted by Gasteiger charge is 2.12. The molecule has 0 saturated heterocycles. The monoisotopic (exact) mass is 284 g/mol. The molecule has 0 N–H and O–H groups in total. The number of rotatable bonds is 5. The van der Waals surface area contributed by atoms with E-state index in [4.69, 9.17) is 4.74 Å². The second kappa shape index (κ2) is 6.04. The summed E-state index contributed by atoms with van der Waals surface area (Å²) in [6.45, 7) is 4.68. The molecule has 0 saturated carbocycles. The van der Waals surface area contributed by atoms with Gasteiger partial charge in [-0.25, -0.2) is 4.79 Å². The summed E-state index contributed by atoms with van der Waals surface area (Å²) < 4.78 is 5.28. The number of ether oxygens (including phenoxy) is 1. The van der Waals surface area contributed by atoms with Gasteiger partial charge in [0, 0.05) is 4.32 Å². The van der Waals surface area contributed by atoms with Crippen molar-refractivity contribution in [2.24, 2.45) is 0 Å². The highest BCUT2D eigenvalue weighted by molar-refractivity contribution is 9.10. The van der Waals surface area contributed by atoms with E-state index in [1.807, 2.05) is 18.2 Å². The summed E-state index contributed by atoms with van der Waals surface area (Å²) in [6, 6.07) is 9.06. The number of esters is 1. The Labute approximate surface area is 105 Å². The molecule has 0 unspecified atom stereocenters. The van der Waals surface area contributed by atoms with E-state index < -0.39 is 0 Å². The van der Waals surface area contributed by atoms with E-state index in [9.17, 15) is 4.79 Å². The third kappa shape index (κ3) is 5.31. The van der Waals surface area contributed by atoms with Crippen LogP contribution in [0, 0.1) is 0 Å². The van der Waals surface area contributed by atoms with Gasteiger partial charge in [0.1, 0.15) is 0 Å². The zero-order valence-electron chi connectivity index (χ0n) is 9.70. The van der Waals surface area contributed by atoms with E-state index in [1.54, 1.807) is 12.1 Å². The third-order valence-corrected chi connectivity index (χ3v) is 2.55. The minimum Gasteiger partial charge on any atom is -0.462 e.